The first-order valence-electron chi connectivity index (χ1n) is 4.36. The van der Waals surface area contributed by atoms with E-state index < -0.39 is 0 Å². The first kappa shape index (κ1) is 11.4. The standard InChI is InChI=1S/C9H19N3/c1-5-9(8-10)12(4)7-6-11(2)3/h9H,5-7H2,1-4H3. The fraction of sp³-hybridized carbons (Fsp3) is 0.889. The smallest absolute Gasteiger partial charge is 0.0973 e. The van der Waals surface area contributed by atoms with Gasteiger partial charge >= 0.3 is 0 Å². The van der Waals surface area contributed by atoms with Gasteiger partial charge in [0.15, 0.2) is 0 Å². The van der Waals surface area contributed by atoms with Crippen molar-refractivity contribution in [3.8, 4) is 6.07 Å². The molecule has 0 spiro atoms. The SMILES string of the molecule is CCC(C#N)N(C)CCN(C)C. The predicted molar refractivity (Wildman–Crippen MR) is 50.9 cm³/mol. The van der Waals surface area contributed by atoms with E-state index in [0.717, 1.165) is 19.5 Å². The molecule has 0 aliphatic heterocycles. The molecule has 0 aromatic carbocycles. The van der Waals surface area contributed by atoms with Crippen LogP contribution in [0.3, 0.4) is 0 Å². The van der Waals surface area contributed by atoms with Crippen molar-refractivity contribution in [1.29, 1.82) is 5.26 Å². The number of nitriles is 1. The van der Waals surface area contributed by atoms with Gasteiger partial charge in [0.1, 0.15) is 0 Å². The lowest BCUT2D eigenvalue weighted by Crippen LogP contribution is -2.35. The Kier molecular flexibility index (Phi) is 5.69. The van der Waals surface area contributed by atoms with E-state index in [4.69, 9.17) is 5.26 Å². The molecule has 3 heteroatoms. The van der Waals surface area contributed by atoms with Gasteiger partial charge in [-0.25, -0.2) is 0 Å². The highest BCUT2D eigenvalue weighted by atomic mass is 15.2. The van der Waals surface area contributed by atoms with Gasteiger partial charge in [0.25, 0.3) is 0 Å². The molecule has 0 aromatic rings. The number of likely N-dealkylation sites (N-methyl/N-ethyl adjacent to an activating group) is 2. The summed E-state index contributed by atoms with van der Waals surface area (Å²) in [5.74, 6) is 0. The van der Waals surface area contributed by atoms with Crippen LogP contribution in [-0.2, 0) is 0 Å². The predicted octanol–water partition coefficient (Wildman–Crippen LogP) is 0.782. The van der Waals surface area contributed by atoms with Crippen LogP contribution < -0.4 is 0 Å². The molecule has 0 N–H and O–H groups in total. The molecule has 0 heterocycles. The van der Waals surface area contributed by atoms with Crippen molar-refractivity contribution < 1.29 is 0 Å². The van der Waals surface area contributed by atoms with Crippen LogP contribution in [0, 0.1) is 11.3 Å². The van der Waals surface area contributed by atoms with Gasteiger partial charge in [-0.1, -0.05) is 6.92 Å². The molecule has 0 saturated carbocycles. The summed E-state index contributed by atoms with van der Waals surface area (Å²) < 4.78 is 0. The number of nitrogens with zero attached hydrogens (tertiary/aromatic N) is 3. The second-order valence-corrected chi connectivity index (χ2v) is 3.34. The van der Waals surface area contributed by atoms with Crippen molar-refractivity contribution in [2.45, 2.75) is 19.4 Å². The van der Waals surface area contributed by atoms with Crippen LogP contribution in [0.25, 0.3) is 0 Å². The number of rotatable bonds is 5. The van der Waals surface area contributed by atoms with Crippen molar-refractivity contribution >= 4 is 0 Å². The summed E-state index contributed by atoms with van der Waals surface area (Å²) in [5, 5.41) is 8.76. The van der Waals surface area contributed by atoms with Gasteiger partial charge in [0, 0.05) is 13.1 Å². The summed E-state index contributed by atoms with van der Waals surface area (Å²) in [6.07, 6.45) is 0.903. The van der Waals surface area contributed by atoms with Crippen molar-refractivity contribution in [2.75, 3.05) is 34.2 Å². The Bertz CT molecular complexity index is 148. The zero-order valence-corrected chi connectivity index (χ0v) is 8.54. The van der Waals surface area contributed by atoms with E-state index in [1.54, 1.807) is 0 Å². The molecule has 12 heavy (non-hydrogen) atoms. The van der Waals surface area contributed by atoms with Gasteiger partial charge in [-0.3, -0.25) is 4.90 Å². The van der Waals surface area contributed by atoms with Crippen LogP contribution in [0.2, 0.25) is 0 Å². The van der Waals surface area contributed by atoms with Crippen LogP contribution in [0.4, 0.5) is 0 Å². The molecule has 0 radical (unpaired) electrons. The third kappa shape index (κ3) is 4.32. The summed E-state index contributed by atoms with van der Waals surface area (Å²) in [7, 11) is 6.09. The lowest BCUT2D eigenvalue weighted by Gasteiger charge is -2.22. The van der Waals surface area contributed by atoms with Crippen LogP contribution >= 0.6 is 0 Å². The molecule has 3 nitrogen and oxygen atoms in total. The van der Waals surface area contributed by atoms with E-state index in [0.29, 0.717) is 0 Å². The monoisotopic (exact) mass is 169 g/mol. The summed E-state index contributed by atoms with van der Waals surface area (Å²) in [4.78, 5) is 4.22. The van der Waals surface area contributed by atoms with Crippen LogP contribution in [0.15, 0.2) is 0 Å². The summed E-state index contributed by atoms with van der Waals surface area (Å²) in [5.41, 5.74) is 0. The van der Waals surface area contributed by atoms with Gasteiger partial charge in [0.05, 0.1) is 12.1 Å². The molecule has 0 rings (SSSR count). The second kappa shape index (κ2) is 5.99. The molecule has 0 amide bonds. The van der Waals surface area contributed by atoms with Crippen LogP contribution in [-0.4, -0.2) is 50.1 Å². The maximum atomic E-state index is 8.76. The molecule has 0 bridgehead atoms. The lowest BCUT2D eigenvalue weighted by atomic mass is 10.2. The minimum absolute atomic E-state index is 0.0740. The second-order valence-electron chi connectivity index (χ2n) is 3.34. The molecular weight excluding hydrogens is 150 g/mol. The van der Waals surface area contributed by atoms with Crippen molar-refractivity contribution in [1.82, 2.24) is 9.80 Å². The molecule has 1 unspecified atom stereocenters. The van der Waals surface area contributed by atoms with Gasteiger partial charge in [-0.2, -0.15) is 5.26 Å². The fourth-order valence-electron chi connectivity index (χ4n) is 1.02. The Hall–Kier alpha value is -0.590. The van der Waals surface area contributed by atoms with Crippen LogP contribution in [0.5, 0.6) is 0 Å². The topological polar surface area (TPSA) is 30.3 Å². The average Bonchev–Trinajstić information content (AvgIpc) is 2.03. The van der Waals surface area contributed by atoms with Gasteiger partial charge in [-0.05, 0) is 27.6 Å². The average molecular weight is 169 g/mol. The molecule has 0 aliphatic carbocycles. The molecule has 0 aromatic heterocycles. The van der Waals surface area contributed by atoms with Crippen molar-refractivity contribution in [3.63, 3.8) is 0 Å². The molecule has 70 valence electrons. The molecular formula is C9H19N3. The first-order chi connectivity index (χ1) is 5.61. The number of hydrogen-bond acceptors (Lipinski definition) is 3. The first-order valence-corrected chi connectivity index (χ1v) is 4.36. The molecule has 1 atom stereocenters. The summed E-state index contributed by atoms with van der Waals surface area (Å²) >= 11 is 0. The minimum Gasteiger partial charge on any atom is -0.308 e. The molecule has 0 fully saturated rings. The zero-order valence-electron chi connectivity index (χ0n) is 8.54. The fourth-order valence-corrected chi connectivity index (χ4v) is 1.02. The van der Waals surface area contributed by atoms with E-state index in [-0.39, 0.29) is 6.04 Å². The van der Waals surface area contributed by atoms with E-state index >= 15 is 0 Å². The van der Waals surface area contributed by atoms with Gasteiger partial charge in [-0.15, -0.1) is 0 Å². The lowest BCUT2D eigenvalue weighted by molar-refractivity contribution is 0.247. The highest BCUT2D eigenvalue weighted by Crippen LogP contribution is 1.98. The largest absolute Gasteiger partial charge is 0.308 e. The maximum absolute atomic E-state index is 8.76. The van der Waals surface area contributed by atoms with E-state index in [2.05, 4.69) is 15.9 Å². The van der Waals surface area contributed by atoms with Crippen molar-refractivity contribution in [3.05, 3.63) is 0 Å². The molecule has 0 saturated heterocycles. The van der Waals surface area contributed by atoms with Crippen LogP contribution in [0.1, 0.15) is 13.3 Å². The Labute approximate surface area is 75.6 Å². The summed E-state index contributed by atoms with van der Waals surface area (Å²) in [6.45, 7) is 4.01. The highest BCUT2D eigenvalue weighted by molar-refractivity contribution is 4.89. The molecule has 0 aliphatic rings. The Morgan fingerprint density at radius 1 is 1.25 bits per heavy atom. The Morgan fingerprint density at radius 3 is 2.17 bits per heavy atom. The van der Waals surface area contributed by atoms with E-state index in [9.17, 15) is 0 Å². The normalized spacial score (nSPS) is 13.4. The maximum Gasteiger partial charge on any atom is 0.0973 e. The van der Waals surface area contributed by atoms with Gasteiger partial charge in [0.2, 0.25) is 0 Å². The Balaban J connectivity index is 3.70. The van der Waals surface area contributed by atoms with Gasteiger partial charge < -0.3 is 4.90 Å². The van der Waals surface area contributed by atoms with E-state index in [1.807, 2.05) is 28.1 Å². The summed E-state index contributed by atoms with van der Waals surface area (Å²) in [6, 6.07) is 2.36. The van der Waals surface area contributed by atoms with E-state index in [1.165, 1.54) is 0 Å². The minimum atomic E-state index is 0.0740. The quantitative estimate of drug-likeness (QED) is 0.609. The zero-order chi connectivity index (χ0) is 9.56. The number of hydrogen-bond donors (Lipinski definition) is 0. The third-order valence-electron chi connectivity index (χ3n) is 1.97. The third-order valence-corrected chi connectivity index (χ3v) is 1.97. The Morgan fingerprint density at radius 2 is 1.83 bits per heavy atom. The highest BCUT2D eigenvalue weighted by Gasteiger charge is 2.10. The van der Waals surface area contributed by atoms with Crippen molar-refractivity contribution in [2.24, 2.45) is 0 Å².